The van der Waals surface area contributed by atoms with Gasteiger partial charge in [0.15, 0.2) is 0 Å². The summed E-state index contributed by atoms with van der Waals surface area (Å²) in [6, 6.07) is 116. The molecule has 434 valence electrons. The van der Waals surface area contributed by atoms with E-state index >= 15 is 0 Å². The molecule has 0 aliphatic heterocycles. The first-order chi connectivity index (χ1) is 45.7. The minimum absolute atomic E-state index is 0.777. The summed E-state index contributed by atoms with van der Waals surface area (Å²) in [5.74, 6) is 3.11. The molecule has 4 aromatic heterocycles. The topological polar surface area (TPSA) is 64.5 Å². The van der Waals surface area contributed by atoms with E-state index in [4.69, 9.17) is 19.9 Å². The number of aromatic nitrogens is 4. The van der Waals surface area contributed by atoms with Gasteiger partial charge in [-0.1, -0.05) is 218 Å². The van der Waals surface area contributed by atoms with Gasteiger partial charge in [-0.3, -0.25) is 19.6 Å². The molecular weight excluding hydrogens is 1120 g/mol. The van der Waals surface area contributed by atoms with E-state index in [9.17, 15) is 0 Å². The van der Waals surface area contributed by atoms with Gasteiger partial charge in [-0.2, -0.15) is 0 Å². The molecule has 0 N–H and O–H groups in total. The largest absolute Gasteiger partial charge is 0.294 e. The molecule has 4 heterocycles. The SMILES string of the molecule is c1ccc(-c2cccnc2N(c2ccccc2)c2cc(N(c3ccccc3)c3ncccc3-c3ccccc3)c3ccc4c(N(c5ccccc5)c5ncccc5-c5ccccc5)cc(N(c5ccccc5)c5ncccc5-c5ccccc5)c5ccc2c3c54)cc1. The summed E-state index contributed by atoms with van der Waals surface area (Å²) in [6.45, 7) is 0. The molecule has 92 heavy (non-hydrogen) atoms. The van der Waals surface area contributed by atoms with E-state index < -0.39 is 0 Å². The summed E-state index contributed by atoms with van der Waals surface area (Å²) in [5.41, 5.74) is 15.6. The lowest BCUT2D eigenvalue weighted by Crippen LogP contribution is -2.18. The molecule has 0 bridgehead atoms. The monoisotopic (exact) mass is 1180 g/mol. The van der Waals surface area contributed by atoms with Crippen molar-refractivity contribution in [2.45, 2.75) is 0 Å². The number of benzene rings is 12. The number of hydrogen-bond donors (Lipinski definition) is 0. The first-order valence-electron chi connectivity index (χ1n) is 30.9. The molecule has 16 rings (SSSR count). The number of hydrogen-bond acceptors (Lipinski definition) is 8. The first kappa shape index (κ1) is 54.8. The van der Waals surface area contributed by atoms with Gasteiger partial charge in [0.2, 0.25) is 0 Å². The van der Waals surface area contributed by atoms with Crippen molar-refractivity contribution in [2.24, 2.45) is 0 Å². The van der Waals surface area contributed by atoms with Gasteiger partial charge in [-0.05, 0) is 131 Å². The number of para-hydroxylation sites is 4. The van der Waals surface area contributed by atoms with Crippen molar-refractivity contribution < 1.29 is 0 Å². The lowest BCUT2D eigenvalue weighted by Gasteiger charge is -2.34. The quantitative estimate of drug-likeness (QED) is 0.0887. The number of pyridine rings is 4. The Balaban J connectivity index is 1.11. The third-order valence-corrected chi connectivity index (χ3v) is 17.2. The molecule has 0 radical (unpaired) electrons. The van der Waals surface area contributed by atoms with Crippen molar-refractivity contribution in [3.05, 3.63) is 352 Å². The average Bonchev–Trinajstić information content (AvgIpc) is 0.703. The van der Waals surface area contributed by atoms with Crippen molar-refractivity contribution in [1.82, 2.24) is 19.9 Å². The molecular formula is C84H58N8. The van der Waals surface area contributed by atoms with Gasteiger partial charge >= 0.3 is 0 Å². The van der Waals surface area contributed by atoms with Crippen LogP contribution in [0.25, 0.3) is 76.8 Å². The Morgan fingerprint density at radius 2 is 0.380 bits per heavy atom. The van der Waals surface area contributed by atoms with Crippen LogP contribution in [0, 0.1) is 0 Å². The maximum atomic E-state index is 5.41. The second-order valence-corrected chi connectivity index (χ2v) is 22.5. The predicted molar refractivity (Wildman–Crippen MR) is 382 cm³/mol. The van der Waals surface area contributed by atoms with Crippen LogP contribution >= 0.6 is 0 Å². The smallest absolute Gasteiger partial charge is 0.145 e. The third kappa shape index (κ3) is 9.94. The van der Waals surface area contributed by atoms with Gasteiger partial charge in [-0.15, -0.1) is 0 Å². The van der Waals surface area contributed by atoms with Gasteiger partial charge in [-0.25, -0.2) is 19.9 Å². The second-order valence-electron chi connectivity index (χ2n) is 22.5. The molecule has 0 amide bonds. The Hall–Kier alpha value is -12.5. The van der Waals surface area contributed by atoms with Crippen molar-refractivity contribution >= 4 is 101 Å². The highest BCUT2D eigenvalue weighted by molar-refractivity contribution is 6.33. The third-order valence-electron chi connectivity index (χ3n) is 17.2. The predicted octanol–water partition coefficient (Wildman–Crippen LogP) is 22.7. The minimum atomic E-state index is 0.777. The van der Waals surface area contributed by atoms with Gasteiger partial charge in [0, 0.05) is 102 Å². The summed E-state index contributed by atoms with van der Waals surface area (Å²) >= 11 is 0. The molecule has 0 fully saturated rings. The van der Waals surface area contributed by atoms with E-state index in [1.165, 1.54) is 0 Å². The van der Waals surface area contributed by atoms with Gasteiger partial charge in [0.05, 0.1) is 22.7 Å². The zero-order valence-electron chi connectivity index (χ0n) is 50.1. The fourth-order valence-corrected chi connectivity index (χ4v) is 13.1. The highest BCUT2D eigenvalue weighted by Crippen LogP contribution is 2.56. The summed E-state index contributed by atoms with van der Waals surface area (Å²) in [4.78, 5) is 31.1. The van der Waals surface area contributed by atoms with Crippen LogP contribution in [0.15, 0.2) is 352 Å². The van der Waals surface area contributed by atoms with Crippen LogP contribution in [0.2, 0.25) is 0 Å². The zero-order chi connectivity index (χ0) is 61.2. The summed E-state index contributed by atoms with van der Waals surface area (Å²) in [5, 5.41) is 6.14. The van der Waals surface area contributed by atoms with Gasteiger partial charge in [0.25, 0.3) is 0 Å². The summed E-state index contributed by atoms with van der Waals surface area (Å²) in [6.07, 6.45) is 7.62. The van der Waals surface area contributed by atoms with E-state index in [0.717, 1.165) is 146 Å². The molecule has 0 atom stereocenters. The van der Waals surface area contributed by atoms with E-state index in [2.05, 4.69) is 323 Å². The number of nitrogens with zero attached hydrogens (tertiary/aromatic N) is 8. The zero-order valence-corrected chi connectivity index (χ0v) is 50.1. The molecule has 8 heteroatoms. The minimum Gasteiger partial charge on any atom is -0.294 e. The highest BCUT2D eigenvalue weighted by atomic mass is 15.2. The van der Waals surface area contributed by atoms with Gasteiger partial charge < -0.3 is 0 Å². The second kappa shape index (κ2) is 24.2. The number of anilines is 12. The fraction of sp³-hybridized carbons (Fsp3) is 0. The maximum absolute atomic E-state index is 5.41. The van der Waals surface area contributed by atoms with Crippen molar-refractivity contribution in [1.29, 1.82) is 0 Å². The van der Waals surface area contributed by atoms with Crippen LogP contribution in [0.4, 0.5) is 68.8 Å². The van der Waals surface area contributed by atoms with E-state index in [1.807, 2.05) is 49.1 Å². The van der Waals surface area contributed by atoms with Crippen molar-refractivity contribution in [2.75, 3.05) is 19.6 Å². The molecule has 0 aliphatic carbocycles. The normalized spacial score (nSPS) is 11.3. The van der Waals surface area contributed by atoms with Crippen LogP contribution in [-0.2, 0) is 0 Å². The molecule has 0 spiro atoms. The Morgan fingerprint density at radius 3 is 0.587 bits per heavy atom. The molecule has 0 unspecified atom stereocenters. The number of rotatable bonds is 16. The van der Waals surface area contributed by atoms with Gasteiger partial charge in [0.1, 0.15) is 23.3 Å². The summed E-state index contributed by atoms with van der Waals surface area (Å²) < 4.78 is 0. The van der Waals surface area contributed by atoms with E-state index in [0.29, 0.717) is 0 Å². The Bertz CT molecular complexity index is 4570. The maximum Gasteiger partial charge on any atom is 0.145 e. The van der Waals surface area contributed by atoms with Crippen LogP contribution in [0.1, 0.15) is 0 Å². The summed E-state index contributed by atoms with van der Waals surface area (Å²) in [7, 11) is 0. The van der Waals surface area contributed by atoms with Crippen LogP contribution < -0.4 is 19.6 Å². The van der Waals surface area contributed by atoms with Crippen LogP contribution in [0.5, 0.6) is 0 Å². The molecule has 0 aliphatic rings. The average molecular weight is 1180 g/mol. The molecule has 12 aromatic carbocycles. The highest BCUT2D eigenvalue weighted by Gasteiger charge is 2.32. The lowest BCUT2D eigenvalue weighted by molar-refractivity contribution is 1.17. The Labute approximate surface area is 534 Å². The Kier molecular flexibility index (Phi) is 14.4. The van der Waals surface area contributed by atoms with Crippen molar-refractivity contribution in [3.63, 3.8) is 0 Å². The van der Waals surface area contributed by atoms with Crippen LogP contribution in [0.3, 0.4) is 0 Å². The fourth-order valence-electron chi connectivity index (χ4n) is 13.1. The standard InChI is InChI=1S/C84H58N8/c1-9-29-59(30-10-1)67-45-25-53-85-81(67)89(63-37-17-5-18-38-63)75-57-76(90(64-39-19-6-20-40-64)82-68(46-26-54-86-82)60-31-11-2-12-32-60)72-51-52-74-78(92(66-43-23-8-24-44-66)84-70(48-28-56-88-84)62-35-15-4-16-36-62)58-77(73-50-49-71(75)79(72)80(73)74)91(65-41-21-7-22-42-65)83-69(47-27-55-87-83)61-33-13-3-14-34-61/h1-58H. The van der Waals surface area contributed by atoms with Crippen LogP contribution in [-0.4, -0.2) is 19.9 Å². The first-order valence-corrected chi connectivity index (χ1v) is 30.9. The molecule has 16 aromatic rings. The molecule has 8 nitrogen and oxygen atoms in total. The Morgan fingerprint density at radius 1 is 0.185 bits per heavy atom. The molecule has 0 saturated heterocycles. The van der Waals surface area contributed by atoms with E-state index in [1.54, 1.807) is 0 Å². The van der Waals surface area contributed by atoms with E-state index in [-0.39, 0.29) is 0 Å². The molecule has 0 saturated carbocycles. The van der Waals surface area contributed by atoms with Crippen molar-refractivity contribution in [3.8, 4) is 44.5 Å². The lowest BCUT2D eigenvalue weighted by atomic mass is 9.89.